The summed E-state index contributed by atoms with van der Waals surface area (Å²) < 4.78 is 14.0. The van der Waals surface area contributed by atoms with E-state index >= 15 is 0 Å². The third-order valence-corrected chi connectivity index (χ3v) is 2.62. The number of oxime groups is 1. The minimum Gasteiger partial charge on any atom is -0.409 e. The third kappa shape index (κ3) is 4.16. The van der Waals surface area contributed by atoms with E-state index in [2.05, 4.69) is 10.5 Å². The smallest absolute Gasteiger partial charge is 0.173 e. The fourth-order valence-corrected chi connectivity index (χ4v) is 1.49. The van der Waals surface area contributed by atoms with E-state index in [1.165, 1.54) is 13.0 Å². The Balaban J connectivity index is 2.75. The van der Waals surface area contributed by atoms with Crippen LogP contribution in [0.3, 0.4) is 0 Å². The standard InChI is InChI=1S/C12H18FN3O3/c1-12(18,7-17)6-15-5-8-3-2-4-9(10(8)13)11(14)16-19/h2-4,15,17-19H,5-7H2,1H3,(H2,14,16). The maximum Gasteiger partial charge on any atom is 0.173 e. The number of aliphatic hydroxyl groups is 2. The molecule has 0 radical (unpaired) electrons. The molecule has 0 saturated heterocycles. The van der Waals surface area contributed by atoms with Gasteiger partial charge in [0.05, 0.1) is 17.8 Å². The predicted molar refractivity (Wildman–Crippen MR) is 68.3 cm³/mol. The van der Waals surface area contributed by atoms with E-state index in [4.69, 9.17) is 16.0 Å². The van der Waals surface area contributed by atoms with Gasteiger partial charge in [0.15, 0.2) is 5.84 Å². The number of rotatable bonds is 6. The second-order valence-corrected chi connectivity index (χ2v) is 4.52. The summed E-state index contributed by atoms with van der Waals surface area (Å²) in [7, 11) is 0. The van der Waals surface area contributed by atoms with Gasteiger partial charge in [-0.15, -0.1) is 0 Å². The lowest BCUT2D eigenvalue weighted by Crippen LogP contribution is -2.40. The number of nitrogens with one attached hydrogen (secondary N) is 1. The molecular weight excluding hydrogens is 253 g/mol. The lowest BCUT2D eigenvalue weighted by Gasteiger charge is -2.20. The van der Waals surface area contributed by atoms with Crippen molar-refractivity contribution in [2.45, 2.75) is 19.1 Å². The Morgan fingerprint density at radius 1 is 1.53 bits per heavy atom. The minimum atomic E-state index is -1.26. The molecule has 6 nitrogen and oxygen atoms in total. The van der Waals surface area contributed by atoms with Crippen molar-refractivity contribution >= 4 is 5.84 Å². The fourth-order valence-electron chi connectivity index (χ4n) is 1.49. The molecule has 1 aromatic rings. The summed E-state index contributed by atoms with van der Waals surface area (Å²) >= 11 is 0. The van der Waals surface area contributed by atoms with Crippen LogP contribution in [-0.4, -0.2) is 40.0 Å². The lowest BCUT2D eigenvalue weighted by molar-refractivity contribution is 0.00249. The molecule has 1 unspecified atom stereocenters. The van der Waals surface area contributed by atoms with Crippen molar-refractivity contribution in [3.63, 3.8) is 0 Å². The van der Waals surface area contributed by atoms with Crippen LogP contribution in [0.25, 0.3) is 0 Å². The first kappa shape index (κ1) is 15.4. The highest BCUT2D eigenvalue weighted by molar-refractivity contribution is 5.97. The van der Waals surface area contributed by atoms with Crippen molar-refractivity contribution in [1.29, 1.82) is 0 Å². The molecule has 0 heterocycles. The highest BCUT2D eigenvalue weighted by Gasteiger charge is 2.18. The SMILES string of the molecule is CC(O)(CO)CNCc1cccc(/C(N)=N/O)c1F. The Morgan fingerprint density at radius 3 is 2.79 bits per heavy atom. The highest BCUT2D eigenvalue weighted by Crippen LogP contribution is 2.13. The van der Waals surface area contributed by atoms with Crippen LogP contribution in [-0.2, 0) is 6.54 Å². The number of aliphatic hydroxyl groups excluding tert-OH is 1. The first-order valence-corrected chi connectivity index (χ1v) is 5.70. The van der Waals surface area contributed by atoms with Crippen LogP contribution in [0.1, 0.15) is 18.1 Å². The third-order valence-electron chi connectivity index (χ3n) is 2.62. The molecule has 1 aromatic carbocycles. The molecule has 0 spiro atoms. The van der Waals surface area contributed by atoms with Crippen LogP contribution in [0.2, 0.25) is 0 Å². The van der Waals surface area contributed by atoms with E-state index in [1.54, 1.807) is 12.1 Å². The maximum absolute atomic E-state index is 14.0. The van der Waals surface area contributed by atoms with Crippen LogP contribution >= 0.6 is 0 Å². The first-order chi connectivity index (χ1) is 8.91. The van der Waals surface area contributed by atoms with Crippen molar-refractivity contribution in [2.75, 3.05) is 13.2 Å². The zero-order chi connectivity index (χ0) is 14.5. The summed E-state index contributed by atoms with van der Waals surface area (Å²) in [4.78, 5) is 0. The number of halogens is 1. The highest BCUT2D eigenvalue weighted by atomic mass is 19.1. The van der Waals surface area contributed by atoms with E-state index in [1.807, 2.05) is 0 Å². The van der Waals surface area contributed by atoms with Crippen molar-refractivity contribution in [2.24, 2.45) is 10.9 Å². The van der Waals surface area contributed by atoms with Gasteiger partial charge in [-0.2, -0.15) is 0 Å². The van der Waals surface area contributed by atoms with Gasteiger partial charge < -0.3 is 26.5 Å². The lowest BCUT2D eigenvalue weighted by atomic mass is 10.1. The molecule has 1 atom stereocenters. The zero-order valence-corrected chi connectivity index (χ0v) is 10.6. The maximum atomic E-state index is 14.0. The molecule has 0 aliphatic heterocycles. The second-order valence-electron chi connectivity index (χ2n) is 4.52. The van der Waals surface area contributed by atoms with Gasteiger partial charge in [0.25, 0.3) is 0 Å². The Hall–Kier alpha value is -1.70. The average molecular weight is 271 g/mol. The van der Waals surface area contributed by atoms with Crippen LogP contribution in [0, 0.1) is 5.82 Å². The average Bonchev–Trinajstić information content (AvgIpc) is 2.40. The van der Waals surface area contributed by atoms with Crippen LogP contribution < -0.4 is 11.1 Å². The molecular formula is C12H18FN3O3. The molecule has 0 aromatic heterocycles. The monoisotopic (exact) mass is 271 g/mol. The topological polar surface area (TPSA) is 111 Å². The van der Waals surface area contributed by atoms with E-state index in [0.717, 1.165) is 0 Å². The van der Waals surface area contributed by atoms with Gasteiger partial charge >= 0.3 is 0 Å². The summed E-state index contributed by atoms with van der Waals surface area (Å²) in [6.07, 6.45) is 0. The quantitative estimate of drug-likeness (QED) is 0.212. The van der Waals surface area contributed by atoms with Gasteiger partial charge in [0, 0.05) is 18.7 Å². The van der Waals surface area contributed by atoms with Crippen LogP contribution in [0.15, 0.2) is 23.4 Å². The largest absolute Gasteiger partial charge is 0.409 e. The Kier molecular flexibility index (Phi) is 5.22. The van der Waals surface area contributed by atoms with Gasteiger partial charge in [-0.3, -0.25) is 0 Å². The van der Waals surface area contributed by atoms with Crippen molar-refractivity contribution < 1.29 is 19.8 Å². The van der Waals surface area contributed by atoms with E-state index in [-0.39, 0.29) is 24.5 Å². The molecule has 0 aliphatic rings. The summed E-state index contributed by atoms with van der Waals surface area (Å²) in [5.74, 6) is -0.893. The van der Waals surface area contributed by atoms with Gasteiger partial charge in [-0.05, 0) is 13.0 Å². The molecule has 0 amide bonds. The van der Waals surface area contributed by atoms with Gasteiger partial charge in [0.2, 0.25) is 0 Å². The predicted octanol–water partition coefficient (Wildman–Crippen LogP) is -0.247. The van der Waals surface area contributed by atoms with Crippen molar-refractivity contribution in [1.82, 2.24) is 5.32 Å². The second kappa shape index (κ2) is 6.46. The molecule has 19 heavy (non-hydrogen) atoms. The number of nitrogens with two attached hydrogens (primary N) is 1. The molecule has 7 heteroatoms. The molecule has 0 bridgehead atoms. The normalized spacial score (nSPS) is 15.3. The fraction of sp³-hybridized carbons (Fsp3) is 0.417. The summed E-state index contributed by atoms with van der Waals surface area (Å²) in [5, 5.41) is 32.6. The van der Waals surface area contributed by atoms with E-state index in [9.17, 15) is 9.50 Å². The summed E-state index contributed by atoms with van der Waals surface area (Å²) in [6, 6.07) is 4.53. The van der Waals surface area contributed by atoms with Crippen molar-refractivity contribution in [3.8, 4) is 0 Å². The number of nitrogens with zero attached hydrogens (tertiary/aromatic N) is 1. The molecule has 1 rings (SSSR count). The van der Waals surface area contributed by atoms with Crippen LogP contribution in [0.4, 0.5) is 4.39 Å². The number of hydrogen-bond acceptors (Lipinski definition) is 5. The summed E-state index contributed by atoms with van der Waals surface area (Å²) in [6.45, 7) is 1.32. The van der Waals surface area contributed by atoms with Crippen LogP contribution in [0.5, 0.6) is 0 Å². The van der Waals surface area contributed by atoms with Gasteiger partial charge in [0.1, 0.15) is 5.82 Å². The summed E-state index contributed by atoms with van der Waals surface area (Å²) in [5.41, 5.74) is 4.41. The molecule has 0 saturated carbocycles. The van der Waals surface area contributed by atoms with Crippen molar-refractivity contribution in [3.05, 3.63) is 35.1 Å². The van der Waals surface area contributed by atoms with E-state index < -0.39 is 18.0 Å². The van der Waals surface area contributed by atoms with E-state index in [0.29, 0.717) is 5.56 Å². The molecule has 0 fully saturated rings. The number of hydrogen-bond donors (Lipinski definition) is 5. The Bertz CT molecular complexity index is 464. The molecule has 0 aliphatic carbocycles. The minimum absolute atomic E-state index is 0.00992. The Labute approximate surface area is 110 Å². The molecule has 106 valence electrons. The zero-order valence-electron chi connectivity index (χ0n) is 10.6. The first-order valence-electron chi connectivity index (χ1n) is 5.70. The molecule has 6 N–H and O–H groups in total. The Morgan fingerprint density at radius 2 is 2.21 bits per heavy atom. The number of amidine groups is 1. The number of benzene rings is 1. The van der Waals surface area contributed by atoms with Gasteiger partial charge in [-0.1, -0.05) is 17.3 Å². The van der Waals surface area contributed by atoms with Gasteiger partial charge in [-0.25, -0.2) is 4.39 Å².